The lowest BCUT2D eigenvalue weighted by Crippen LogP contribution is -2.47. The van der Waals surface area contributed by atoms with Crippen molar-refractivity contribution in [2.45, 2.75) is 26.3 Å². The molecule has 0 aliphatic carbocycles. The molecule has 1 rings (SSSR count). The number of nitrogens with zero attached hydrogens (tertiary/aromatic N) is 1. The minimum atomic E-state index is -4.41. The molecule has 140 valence electrons. The molecule has 0 bridgehead atoms. The summed E-state index contributed by atoms with van der Waals surface area (Å²) in [5.74, 6) is -1.05. The first-order valence-corrected chi connectivity index (χ1v) is 9.01. The van der Waals surface area contributed by atoms with Crippen LogP contribution in [-0.2, 0) is 26.3 Å². The molecular weight excluding hydrogens is 352 g/mol. The molecule has 0 aromatic heterocycles. The number of methoxy groups -OCH3 is 1. The first-order valence-electron chi connectivity index (χ1n) is 7.57. The van der Waals surface area contributed by atoms with E-state index in [1.165, 1.54) is 7.11 Å². The Balaban J connectivity index is 2.96. The second-order valence-electron chi connectivity index (χ2n) is 5.02. The smallest absolute Gasteiger partial charge is 0.424 e. The van der Waals surface area contributed by atoms with Crippen LogP contribution < -0.4 is 14.6 Å². The first kappa shape index (κ1) is 20.7. The summed E-state index contributed by atoms with van der Waals surface area (Å²) in [5, 5.41) is 10.5. The third-order valence-electron chi connectivity index (χ3n) is 3.10. The molecule has 1 N–H and O–H groups in total. The molecule has 0 atom stereocenters. The monoisotopic (exact) mass is 373 g/mol. The third kappa shape index (κ3) is 6.98. The van der Waals surface area contributed by atoms with E-state index < -0.39 is 28.8 Å². The fourth-order valence-electron chi connectivity index (χ4n) is 1.75. The highest BCUT2D eigenvalue weighted by Crippen LogP contribution is 2.15. The Kier molecular flexibility index (Phi) is 8.16. The Hall–Kier alpha value is -2.33. The third-order valence-corrected chi connectivity index (χ3v) is 4.47. The molecule has 9 nitrogen and oxygen atoms in total. The maximum absolute atomic E-state index is 12.2. The van der Waals surface area contributed by atoms with Gasteiger partial charge in [-0.1, -0.05) is 25.5 Å². The summed E-state index contributed by atoms with van der Waals surface area (Å²) < 4.78 is 36.6. The number of ether oxygens (including phenoxy) is 2. The Morgan fingerprint density at radius 2 is 1.88 bits per heavy atom. The van der Waals surface area contributed by atoms with Gasteiger partial charge >= 0.3 is 16.3 Å². The van der Waals surface area contributed by atoms with Crippen LogP contribution in [0.15, 0.2) is 24.3 Å². The minimum Gasteiger partial charge on any atom is -0.549 e. The zero-order valence-electron chi connectivity index (χ0n) is 14.1. The molecule has 1 aromatic rings. The van der Waals surface area contributed by atoms with E-state index in [-0.39, 0.29) is 13.2 Å². The number of benzene rings is 1. The molecule has 0 saturated heterocycles. The fraction of sp³-hybridized carbons (Fsp3) is 0.467. The largest absolute Gasteiger partial charge is 0.549 e. The maximum atomic E-state index is 12.2. The molecular formula is C15H21N2O7S-. The predicted molar refractivity (Wildman–Crippen MR) is 86.7 cm³/mol. The molecule has 0 aliphatic rings. The summed E-state index contributed by atoms with van der Waals surface area (Å²) in [4.78, 5) is 22.6. The van der Waals surface area contributed by atoms with Crippen molar-refractivity contribution in [3.8, 4) is 5.75 Å². The van der Waals surface area contributed by atoms with Crippen LogP contribution in [0.25, 0.3) is 0 Å². The fourth-order valence-corrected chi connectivity index (χ4v) is 2.77. The van der Waals surface area contributed by atoms with Gasteiger partial charge in [0.25, 0.3) is 0 Å². The van der Waals surface area contributed by atoms with Crippen molar-refractivity contribution in [2.24, 2.45) is 0 Å². The molecule has 0 radical (unpaired) electrons. The highest BCUT2D eigenvalue weighted by Gasteiger charge is 2.28. The quantitative estimate of drug-likeness (QED) is 0.573. The predicted octanol–water partition coefficient (Wildman–Crippen LogP) is 0.0182. The van der Waals surface area contributed by atoms with E-state index in [0.29, 0.717) is 22.0 Å². The lowest BCUT2D eigenvalue weighted by Gasteiger charge is -2.22. The van der Waals surface area contributed by atoms with Gasteiger partial charge in [-0.15, -0.1) is 0 Å². The molecule has 0 fully saturated rings. The van der Waals surface area contributed by atoms with Crippen molar-refractivity contribution >= 4 is 22.3 Å². The Morgan fingerprint density at radius 1 is 1.24 bits per heavy atom. The lowest BCUT2D eigenvalue weighted by molar-refractivity contribution is -0.303. The highest BCUT2D eigenvalue weighted by atomic mass is 32.2. The van der Waals surface area contributed by atoms with Crippen molar-refractivity contribution in [3.63, 3.8) is 0 Å². The number of carbonyl (C=O) groups excluding carboxylic acids is 2. The number of carboxylic acids is 1. The van der Waals surface area contributed by atoms with Crippen LogP contribution in [0, 0.1) is 0 Å². The van der Waals surface area contributed by atoms with Crippen LogP contribution in [0.5, 0.6) is 5.75 Å². The highest BCUT2D eigenvalue weighted by molar-refractivity contribution is 7.87. The number of hydrogen-bond donors (Lipinski definition) is 1. The molecule has 0 heterocycles. The molecule has 25 heavy (non-hydrogen) atoms. The van der Waals surface area contributed by atoms with E-state index in [4.69, 9.17) is 9.47 Å². The van der Waals surface area contributed by atoms with Gasteiger partial charge in [0.2, 0.25) is 0 Å². The number of nitrogens with one attached hydrogen (secondary N) is 1. The van der Waals surface area contributed by atoms with Crippen molar-refractivity contribution < 1.29 is 32.6 Å². The van der Waals surface area contributed by atoms with E-state index in [0.717, 1.165) is 6.42 Å². The van der Waals surface area contributed by atoms with Crippen molar-refractivity contribution in [1.29, 1.82) is 0 Å². The number of aliphatic carboxylic acids is 1. The Bertz CT molecular complexity index is 674. The van der Waals surface area contributed by atoms with Crippen molar-refractivity contribution in [3.05, 3.63) is 29.8 Å². The van der Waals surface area contributed by atoms with E-state index in [2.05, 4.69) is 0 Å². The van der Waals surface area contributed by atoms with Crippen LogP contribution in [0.2, 0.25) is 0 Å². The zero-order valence-corrected chi connectivity index (χ0v) is 14.9. The normalized spacial score (nSPS) is 11.0. The Labute approximate surface area is 146 Å². The van der Waals surface area contributed by atoms with Gasteiger partial charge in [0.1, 0.15) is 5.75 Å². The summed E-state index contributed by atoms with van der Waals surface area (Å²) in [6, 6.07) is 6.38. The first-order chi connectivity index (χ1) is 11.8. The van der Waals surface area contributed by atoms with E-state index in [1.807, 2.05) is 6.92 Å². The van der Waals surface area contributed by atoms with Crippen LogP contribution in [0.4, 0.5) is 4.79 Å². The summed E-state index contributed by atoms with van der Waals surface area (Å²) in [7, 11) is -2.92. The van der Waals surface area contributed by atoms with Crippen LogP contribution in [0.1, 0.15) is 25.3 Å². The average molecular weight is 373 g/mol. The number of unbranched alkanes of at least 4 members (excludes halogenated alkanes) is 1. The SMILES string of the molecule is CCCCOC(=O)N(Cc1ccc(OC)cc1)S(=O)(=O)NCC(=O)[O-]. The van der Waals surface area contributed by atoms with Gasteiger partial charge in [0.05, 0.1) is 32.8 Å². The topological polar surface area (TPSA) is 125 Å². The van der Waals surface area contributed by atoms with Crippen LogP contribution in [0.3, 0.4) is 0 Å². The second-order valence-corrected chi connectivity index (χ2v) is 6.70. The maximum Gasteiger partial charge on any atom is 0.424 e. The van der Waals surface area contributed by atoms with E-state index in [9.17, 15) is 23.1 Å². The number of carbonyl (C=O) groups is 2. The van der Waals surface area contributed by atoms with Gasteiger partial charge in [0, 0.05) is 0 Å². The van der Waals surface area contributed by atoms with Gasteiger partial charge in [-0.05, 0) is 24.1 Å². The molecule has 10 heteroatoms. The van der Waals surface area contributed by atoms with Gasteiger partial charge in [-0.25, -0.2) is 4.79 Å². The zero-order chi connectivity index (χ0) is 18.9. The summed E-state index contributed by atoms with van der Waals surface area (Å²) in [5.41, 5.74) is 0.493. The number of rotatable bonds is 10. The Morgan fingerprint density at radius 3 is 2.40 bits per heavy atom. The minimum absolute atomic E-state index is 0.0600. The van der Waals surface area contributed by atoms with E-state index >= 15 is 0 Å². The molecule has 0 spiro atoms. The van der Waals surface area contributed by atoms with Crippen LogP contribution in [-0.4, -0.2) is 45.0 Å². The van der Waals surface area contributed by atoms with Gasteiger partial charge in [-0.2, -0.15) is 17.4 Å². The second kappa shape index (κ2) is 9.84. The standard InChI is InChI=1S/C15H22N2O7S/c1-3-4-9-24-15(20)17(25(21,22)16-10-14(18)19)11-12-5-7-13(23-2)8-6-12/h5-8,16H,3-4,9-11H2,1-2H3,(H,18,19)/p-1. The molecule has 0 aliphatic heterocycles. The molecule has 1 amide bonds. The number of carboxylic acid groups (broad SMARTS) is 1. The lowest BCUT2D eigenvalue weighted by atomic mass is 10.2. The number of hydrogen-bond acceptors (Lipinski definition) is 7. The summed E-state index contributed by atoms with van der Waals surface area (Å²) in [6.45, 7) is 0.673. The van der Waals surface area contributed by atoms with Gasteiger partial charge in [-0.3, -0.25) is 0 Å². The van der Waals surface area contributed by atoms with Crippen molar-refractivity contribution in [1.82, 2.24) is 9.03 Å². The average Bonchev–Trinajstić information content (AvgIpc) is 2.58. The van der Waals surface area contributed by atoms with E-state index in [1.54, 1.807) is 29.0 Å². The van der Waals surface area contributed by atoms with Gasteiger partial charge in [0.15, 0.2) is 0 Å². The molecule has 1 aromatic carbocycles. The number of amides is 1. The van der Waals surface area contributed by atoms with Crippen LogP contribution >= 0.6 is 0 Å². The molecule has 0 saturated carbocycles. The summed E-state index contributed by atoms with van der Waals surface area (Å²) >= 11 is 0. The molecule has 0 unspecified atom stereocenters. The van der Waals surface area contributed by atoms with Gasteiger partial charge < -0.3 is 19.4 Å². The summed E-state index contributed by atoms with van der Waals surface area (Å²) in [6.07, 6.45) is 0.255. The van der Waals surface area contributed by atoms with Crippen molar-refractivity contribution in [2.75, 3.05) is 20.3 Å².